The minimum atomic E-state index is -0.484. The highest BCUT2D eigenvalue weighted by molar-refractivity contribution is 6.30. The first kappa shape index (κ1) is 17.4. The number of carbonyl (C=O) groups is 1. The van der Waals surface area contributed by atoms with Crippen molar-refractivity contribution in [1.29, 1.82) is 0 Å². The van der Waals surface area contributed by atoms with Crippen LogP contribution in [0.4, 0.5) is 14.5 Å². The summed E-state index contributed by atoms with van der Waals surface area (Å²) in [5.74, 6) is -0.843. The minimum Gasteiger partial charge on any atom is -0.368 e. The third kappa shape index (κ3) is 4.37. The molecule has 0 aromatic heterocycles. The molecule has 1 aliphatic heterocycles. The van der Waals surface area contributed by atoms with Crippen LogP contribution in [0.5, 0.6) is 0 Å². The second-order valence-corrected chi connectivity index (χ2v) is 6.20. The predicted octanol–water partition coefficient (Wildman–Crippen LogP) is 3.98. The largest absolute Gasteiger partial charge is 0.368 e. The molecule has 1 fully saturated rings. The summed E-state index contributed by atoms with van der Waals surface area (Å²) in [4.78, 5) is 16.1. The maximum absolute atomic E-state index is 13.1. The van der Waals surface area contributed by atoms with Crippen LogP contribution in [-0.4, -0.2) is 37.0 Å². The first-order valence-corrected chi connectivity index (χ1v) is 8.33. The molecule has 25 heavy (non-hydrogen) atoms. The molecule has 2 aromatic rings. The van der Waals surface area contributed by atoms with E-state index >= 15 is 0 Å². The molecule has 0 aliphatic carbocycles. The van der Waals surface area contributed by atoms with Gasteiger partial charge in [-0.05, 0) is 48.0 Å². The van der Waals surface area contributed by atoms with Crippen LogP contribution in [0.3, 0.4) is 0 Å². The zero-order chi connectivity index (χ0) is 17.8. The molecule has 0 atom stereocenters. The summed E-state index contributed by atoms with van der Waals surface area (Å²) in [6.45, 7) is 2.55. The lowest BCUT2D eigenvalue weighted by Gasteiger charge is -2.35. The molecular formula is C19H17ClF2N2O. The van der Waals surface area contributed by atoms with E-state index in [4.69, 9.17) is 11.6 Å². The zero-order valence-corrected chi connectivity index (χ0v) is 14.2. The van der Waals surface area contributed by atoms with E-state index in [0.29, 0.717) is 31.7 Å². The monoisotopic (exact) mass is 362 g/mol. The Kier molecular flexibility index (Phi) is 5.34. The van der Waals surface area contributed by atoms with Gasteiger partial charge in [-0.15, -0.1) is 0 Å². The summed E-state index contributed by atoms with van der Waals surface area (Å²) in [5, 5.41) is 0.0301. The summed E-state index contributed by atoms with van der Waals surface area (Å²) >= 11 is 5.73. The first-order valence-electron chi connectivity index (χ1n) is 7.95. The van der Waals surface area contributed by atoms with E-state index in [2.05, 4.69) is 4.90 Å². The number of halogens is 3. The lowest BCUT2D eigenvalue weighted by atomic mass is 10.2. The van der Waals surface area contributed by atoms with Crippen LogP contribution >= 0.6 is 11.6 Å². The van der Waals surface area contributed by atoms with E-state index < -0.39 is 5.82 Å². The van der Waals surface area contributed by atoms with E-state index in [1.54, 1.807) is 29.2 Å². The van der Waals surface area contributed by atoms with Crippen molar-refractivity contribution in [2.24, 2.45) is 0 Å². The number of hydrogen-bond acceptors (Lipinski definition) is 2. The van der Waals surface area contributed by atoms with Crippen LogP contribution in [0.15, 0.2) is 48.5 Å². The average molecular weight is 363 g/mol. The smallest absolute Gasteiger partial charge is 0.246 e. The van der Waals surface area contributed by atoms with E-state index in [1.165, 1.54) is 30.3 Å². The van der Waals surface area contributed by atoms with Crippen LogP contribution in [0.1, 0.15) is 5.56 Å². The molecule has 0 bridgehead atoms. The fourth-order valence-electron chi connectivity index (χ4n) is 2.73. The van der Waals surface area contributed by atoms with Gasteiger partial charge in [-0.2, -0.15) is 0 Å². The maximum Gasteiger partial charge on any atom is 0.246 e. The molecule has 0 radical (unpaired) electrons. The second kappa shape index (κ2) is 7.66. The van der Waals surface area contributed by atoms with Gasteiger partial charge in [0.2, 0.25) is 5.91 Å². The molecular weight excluding hydrogens is 346 g/mol. The number of carbonyl (C=O) groups excluding carboxylic acids is 1. The van der Waals surface area contributed by atoms with Gasteiger partial charge in [-0.3, -0.25) is 4.79 Å². The molecule has 1 saturated heterocycles. The van der Waals surface area contributed by atoms with Gasteiger partial charge in [-0.25, -0.2) is 8.78 Å². The molecule has 1 amide bonds. The predicted molar refractivity (Wildman–Crippen MR) is 95.6 cm³/mol. The summed E-state index contributed by atoms with van der Waals surface area (Å²) in [5.41, 5.74) is 1.62. The van der Waals surface area contributed by atoms with Crippen molar-refractivity contribution >= 4 is 29.3 Å². The van der Waals surface area contributed by atoms with Crippen molar-refractivity contribution in [3.8, 4) is 0 Å². The average Bonchev–Trinajstić information content (AvgIpc) is 2.63. The Morgan fingerprint density at radius 1 is 1.00 bits per heavy atom. The van der Waals surface area contributed by atoms with Crippen molar-refractivity contribution in [1.82, 2.24) is 4.90 Å². The summed E-state index contributed by atoms with van der Waals surface area (Å²) in [6, 6.07) is 10.7. The summed E-state index contributed by atoms with van der Waals surface area (Å²) < 4.78 is 26.1. The molecule has 0 N–H and O–H groups in total. The van der Waals surface area contributed by atoms with Gasteiger partial charge in [0.15, 0.2) is 0 Å². The number of amides is 1. The number of anilines is 1. The molecule has 1 aliphatic rings. The van der Waals surface area contributed by atoms with Gasteiger partial charge in [0.05, 0.1) is 5.02 Å². The van der Waals surface area contributed by atoms with Crippen molar-refractivity contribution in [3.05, 3.63) is 70.8 Å². The van der Waals surface area contributed by atoms with Crippen LogP contribution in [0.25, 0.3) is 6.08 Å². The summed E-state index contributed by atoms with van der Waals surface area (Å²) in [6.07, 6.45) is 3.09. The minimum absolute atomic E-state index is 0.0301. The second-order valence-electron chi connectivity index (χ2n) is 5.80. The van der Waals surface area contributed by atoms with E-state index in [-0.39, 0.29) is 16.7 Å². The van der Waals surface area contributed by atoms with Gasteiger partial charge >= 0.3 is 0 Å². The Balaban J connectivity index is 1.56. The molecule has 2 aromatic carbocycles. The maximum atomic E-state index is 13.1. The molecule has 3 rings (SSSR count). The van der Waals surface area contributed by atoms with Gasteiger partial charge in [0.25, 0.3) is 0 Å². The lowest BCUT2D eigenvalue weighted by molar-refractivity contribution is -0.126. The number of piperazine rings is 1. The highest BCUT2D eigenvalue weighted by atomic mass is 35.5. The van der Waals surface area contributed by atoms with E-state index in [9.17, 15) is 13.6 Å². The number of rotatable bonds is 3. The Bertz CT molecular complexity index is 785. The number of hydrogen-bond donors (Lipinski definition) is 0. The van der Waals surface area contributed by atoms with Gasteiger partial charge in [-0.1, -0.05) is 17.7 Å². The van der Waals surface area contributed by atoms with Crippen LogP contribution < -0.4 is 4.90 Å². The highest BCUT2D eigenvalue weighted by Gasteiger charge is 2.19. The van der Waals surface area contributed by atoms with Crippen LogP contribution in [0, 0.1) is 11.6 Å². The molecule has 1 heterocycles. The van der Waals surface area contributed by atoms with Gasteiger partial charge in [0.1, 0.15) is 11.6 Å². The molecule has 0 unspecified atom stereocenters. The quantitative estimate of drug-likeness (QED) is 0.771. The molecule has 130 valence electrons. The molecule has 0 spiro atoms. The van der Waals surface area contributed by atoms with Crippen molar-refractivity contribution < 1.29 is 13.6 Å². The Labute approximate surface area is 150 Å². The fourth-order valence-corrected chi connectivity index (χ4v) is 2.91. The molecule has 0 saturated carbocycles. The Morgan fingerprint density at radius 3 is 2.32 bits per heavy atom. The Hall–Kier alpha value is -2.40. The van der Waals surface area contributed by atoms with E-state index in [0.717, 1.165) is 5.69 Å². The SMILES string of the molecule is O=C(/C=C/c1ccc(F)c(Cl)c1)N1CCN(c2ccc(F)cc2)CC1. The van der Waals surface area contributed by atoms with E-state index in [1.807, 2.05) is 0 Å². The first-order chi connectivity index (χ1) is 12.0. The Morgan fingerprint density at radius 2 is 1.68 bits per heavy atom. The van der Waals surface area contributed by atoms with Crippen molar-refractivity contribution in [3.63, 3.8) is 0 Å². The lowest BCUT2D eigenvalue weighted by Crippen LogP contribution is -2.48. The standard InChI is InChI=1S/C19H17ClF2N2O/c20-17-13-14(1-7-18(17)22)2-8-19(25)24-11-9-23(10-12-24)16-5-3-15(21)4-6-16/h1-8,13H,9-12H2/b8-2+. The number of benzene rings is 2. The third-order valence-corrected chi connectivity index (χ3v) is 4.43. The molecule has 3 nitrogen and oxygen atoms in total. The normalized spacial score (nSPS) is 15.0. The number of nitrogens with zero attached hydrogens (tertiary/aromatic N) is 2. The highest BCUT2D eigenvalue weighted by Crippen LogP contribution is 2.18. The van der Waals surface area contributed by atoms with Gasteiger partial charge < -0.3 is 9.80 Å². The van der Waals surface area contributed by atoms with Crippen molar-refractivity contribution in [2.75, 3.05) is 31.1 Å². The zero-order valence-electron chi connectivity index (χ0n) is 13.5. The summed E-state index contributed by atoms with van der Waals surface area (Å²) in [7, 11) is 0. The topological polar surface area (TPSA) is 23.6 Å². The van der Waals surface area contributed by atoms with Gasteiger partial charge in [0, 0.05) is 37.9 Å². The van der Waals surface area contributed by atoms with Crippen LogP contribution in [-0.2, 0) is 4.79 Å². The van der Waals surface area contributed by atoms with Crippen molar-refractivity contribution in [2.45, 2.75) is 0 Å². The fraction of sp³-hybridized carbons (Fsp3) is 0.211. The van der Waals surface area contributed by atoms with Crippen LogP contribution in [0.2, 0.25) is 5.02 Å². The third-order valence-electron chi connectivity index (χ3n) is 4.15. The molecule has 6 heteroatoms.